The highest BCUT2D eigenvalue weighted by atomic mass is 16.4. The van der Waals surface area contributed by atoms with Crippen molar-refractivity contribution >= 4 is 18.0 Å². The minimum absolute atomic E-state index is 0.100. The van der Waals surface area contributed by atoms with Crippen LogP contribution in [0.3, 0.4) is 0 Å². The summed E-state index contributed by atoms with van der Waals surface area (Å²) in [5.74, 6) is -2.65. The maximum atomic E-state index is 12.0. The molecule has 136 valence electrons. The predicted octanol–water partition coefficient (Wildman–Crippen LogP) is 0.878. The SMILES string of the molecule is O=C(O)C[C@@H](NC(=O)NC1CCCN(Cc2ccccc2)C1)C(=O)O. The Morgan fingerprint density at radius 3 is 2.56 bits per heavy atom. The van der Waals surface area contributed by atoms with Gasteiger partial charge in [-0.2, -0.15) is 0 Å². The summed E-state index contributed by atoms with van der Waals surface area (Å²) in [6.45, 7) is 2.39. The van der Waals surface area contributed by atoms with Crippen LogP contribution in [0.4, 0.5) is 4.79 Å². The lowest BCUT2D eigenvalue weighted by molar-refractivity contribution is -0.145. The highest BCUT2D eigenvalue weighted by Gasteiger charge is 2.26. The van der Waals surface area contributed by atoms with Gasteiger partial charge >= 0.3 is 18.0 Å². The lowest BCUT2D eigenvalue weighted by Gasteiger charge is -2.33. The summed E-state index contributed by atoms with van der Waals surface area (Å²) in [5, 5.41) is 22.6. The first-order valence-electron chi connectivity index (χ1n) is 8.22. The van der Waals surface area contributed by atoms with Crippen molar-refractivity contribution in [2.45, 2.75) is 37.9 Å². The first kappa shape index (κ1) is 18.7. The summed E-state index contributed by atoms with van der Waals surface area (Å²) in [6, 6.07) is 7.83. The lowest BCUT2D eigenvalue weighted by atomic mass is 10.0. The Bertz CT molecular complexity index is 608. The van der Waals surface area contributed by atoms with Gasteiger partial charge in [0, 0.05) is 19.1 Å². The van der Waals surface area contributed by atoms with E-state index < -0.39 is 30.4 Å². The molecule has 2 amide bonds. The van der Waals surface area contributed by atoms with Crippen molar-refractivity contribution in [2.24, 2.45) is 0 Å². The van der Waals surface area contributed by atoms with E-state index in [0.29, 0.717) is 6.54 Å². The molecule has 1 aliphatic heterocycles. The van der Waals surface area contributed by atoms with Gasteiger partial charge in [-0.15, -0.1) is 0 Å². The van der Waals surface area contributed by atoms with Crippen molar-refractivity contribution in [3.8, 4) is 0 Å². The monoisotopic (exact) mass is 349 g/mol. The smallest absolute Gasteiger partial charge is 0.326 e. The van der Waals surface area contributed by atoms with Crippen LogP contribution in [0, 0.1) is 0 Å². The maximum Gasteiger partial charge on any atom is 0.326 e. The number of hydrogen-bond acceptors (Lipinski definition) is 4. The largest absolute Gasteiger partial charge is 0.481 e. The number of piperidine rings is 1. The second-order valence-corrected chi connectivity index (χ2v) is 6.17. The number of nitrogens with zero attached hydrogens (tertiary/aromatic N) is 1. The van der Waals surface area contributed by atoms with Crippen molar-refractivity contribution in [2.75, 3.05) is 13.1 Å². The molecule has 8 heteroatoms. The average Bonchev–Trinajstić information content (AvgIpc) is 2.55. The number of likely N-dealkylation sites (tertiary alicyclic amines) is 1. The van der Waals surface area contributed by atoms with Crippen molar-refractivity contribution in [3.05, 3.63) is 35.9 Å². The van der Waals surface area contributed by atoms with Crippen molar-refractivity contribution in [1.82, 2.24) is 15.5 Å². The molecule has 0 radical (unpaired) electrons. The summed E-state index contributed by atoms with van der Waals surface area (Å²) in [6.07, 6.45) is 1.07. The maximum absolute atomic E-state index is 12.0. The number of urea groups is 1. The molecule has 1 aromatic carbocycles. The first-order chi connectivity index (χ1) is 11.9. The fraction of sp³-hybridized carbons (Fsp3) is 0.471. The number of rotatable bonds is 7. The fourth-order valence-corrected chi connectivity index (χ4v) is 2.92. The molecule has 0 saturated carbocycles. The molecule has 0 aliphatic carbocycles. The molecule has 0 bridgehead atoms. The molecule has 1 unspecified atom stereocenters. The van der Waals surface area contributed by atoms with Gasteiger partial charge in [-0.3, -0.25) is 9.69 Å². The first-order valence-corrected chi connectivity index (χ1v) is 8.22. The number of carbonyl (C=O) groups is 3. The number of carboxylic acid groups (broad SMARTS) is 2. The van der Waals surface area contributed by atoms with E-state index in [0.717, 1.165) is 25.9 Å². The molecule has 1 aromatic rings. The minimum atomic E-state index is -1.44. The van der Waals surface area contributed by atoms with Gasteiger partial charge in [0.25, 0.3) is 0 Å². The van der Waals surface area contributed by atoms with Crippen LogP contribution in [-0.2, 0) is 16.1 Å². The van der Waals surface area contributed by atoms with Crippen molar-refractivity contribution in [3.63, 3.8) is 0 Å². The molecule has 1 heterocycles. The van der Waals surface area contributed by atoms with E-state index in [-0.39, 0.29) is 6.04 Å². The second kappa shape index (κ2) is 9.03. The van der Waals surface area contributed by atoms with Gasteiger partial charge < -0.3 is 20.8 Å². The number of carboxylic acids is 2. The van der Waals surface area contributed by atoms with Gasteiger partial charge in [-0.1, -0.05) is 30.3 Å². The van der Waals surface area contributed by atoms with Crippen molar-refractivity contribution in [1.29, 1.82) is 0 Å². The number of benzene rings is 1. The van der Waals surface area contributed by atoms with Crippen LogP contribution < -0.4 is 10.6 Å². The molecule has 8 nitrogen and oxygen atoms in total. The molecule has 25 heavy (non-hydrogen) atoms. The number of carbonyl (C=O) groups excluding carboxylic acids is 1. The quantitative estimate of drug-likeness (QED) is 0.580. The summed E-state index contributed by atoms with van der Waals surface area (Å²) in [4.78, 5) is 35.9. The van der Waals surface area contributed by atoms with Gasteiger partial charge in [-0.05, 0) is 24.9 Å². The Kier molecular flexibility index (Phi) is 6.76. The molecular formula is C17H23N3O5. The molecule has 0 spiro atoms. The van der Waals surface area contributed by atoms with Crippen LogP contribution in [0.15, 0.2) is 30.3 Å². The Morgan fingerprint density at radius 1 is 1.20 bits per heavy atom. The van der Waals surface area contributed by atoms with E-state index in [1.54, 1.807) is 0 Å². The van der Waals surface area contributed by atoms with Crippen LogP contribution in [0.2, 0.25) is 0 Å². The molecule has 2 rings (SSSR count). The Labute approximate surface area is 145 Å². The molecule has 1 fully saturated rings. The van der Waals surface area contributed by atoms with Crippen LogP contribution >= 0.6 is 0 Å². The van der Waals surface area contributed by atoms with Crippen molar-refractivity contribution < 1.29 is 24.6 Å². The van der Waals surface area contributed by atoms with Crippen LogP contribution in [-0.4, -0.2) is 58.3 Å². The average molecular weight is 349 g/mol. The van der Waals surface area contributed by atoms with Crippen LogP contribution in [0.5, 0.6) is 0 Å². The molecule has 0 aromatic heterocycles. The van der Waals surface area contributed by atoms with E-state index in [2.05, 4.69) is 15.5 Å². The zero-order valence-corrected chi connectivity index (χ0v) is 13.9. The zero-order valence-electron chi connectivity index (χ0n) is 13.9. The van der Waals surface area contributed by atoms with E-state index >= 15 is 0 Å². The third kappa shape index (κ3) is 6.42. The van der Waals surface area contributed by atoms with Gasteiger partial charge in [0.15, 0.2) is 0 Å². The van der Waals surface area contributed by atoms with Gasteiger partial charge in [0.1, 0.15) is 6.04 Å². The van der Waals surface area contributed by atoms with Crippen LogP contribution in [0.25, 0.3) is 0 Å². The summed E-state index contributed by atoms with van der Waals surface area (Å²) in [7, 11) is 0. The molecule has 4 N–H and O–H groups in total. The van der Waals surface area contributed by atoms with Gasteiger partial charge in [-0.25, -0.2) is 9.59 Å². The Hall–Kier alpha value is -2.61. The topological polar surface area (TPSA) is 119 Å². The van der Waals surface area contributed by atoms with Crippen LogP contribution in [0.1, 0.15) is 24.8 Å². The number of aliphatic carboxylic acids is 2. The molecular weight excluding hydrogens is 326 g/mol. The highest BCUT2D eigenvalue weighted by molar-refractivity contribution is 5.86. The molecule has 1 saturated heterocycles. The third-order valence-electron chi connectivity index (χ3n) is 4.07. The van der Waals surface area contributed by atoms with Gasteiger partial charge in [0.05, 0.1) is 6.42 Å². The number of hydrogen-bond donors (Lipinski definition) is 4. The van der Waals surface area contributed by atoms with E-state index in [1.807, 2.05) is 30.3 Å². The standard InChI is InChI=1S/C17H23N3O5/c21-15(22)9-14(16(23)24)19-17(25)18-13-7-4-8-20(11-13)10-12-5-2-1-3-6-12/h1-3,5-6,13-14H,4,7-11H2,(H,21,22)(H,23,24)(H2,18,19,25)/t13?,14-/m1/s1. The predicted molar refractivity (Wildman–Crippen MR) is 90.1 cm³/mol. The Balaban J connectivity index is 1.83. The van der Waals surface area contributed by atoms with E-state index in [1.165, 1.54) is 5.56 Å². The summed E-state index contributed by atoms with van der Waals surface area (Å²) >= 11 is 0. The minimum Gasteiger partial charge on any atom is -0.481 e. The number of nitrogens with one attached hydrogen (secondary N) is 2. The Morgan fingerprint density at radius 2 is 1.92 bits per heavy atom. The normalized spacial score (nSPS) is 19.0. The zero-order chi connectivity index (χ0) is 18.2. The third-order valence-corrected chi connectivity index (χ3v) is 4.07. The lowest BCUT2D eigenvalue weighted by Crippen LogP contribution is -2.53. The molecule has 1 aliphatic rings. The summed E-state index contributed by atoms with van der Waals surface area (Å²) < 4.78 is 0. The summed E-state index contributed by atoms with van der Waals surface area (Å²) in [5.41, 5.74) is 1.19. The van der Waals surface area contributed by atoms with E-state index in [4.69, 9.17) is 10.2 Å². The van der Waals surface area contributed by atoms with Gasteiger partial charge in [0.2, 0.25) is 0 Å². The second-order valence-electron chi connectivity index (χ2n) is 6.17. The number of amides is 2. The van der Waals surface area contributed by atoms with E-state index in [9.17, 15) is 14.4 Å². The fourth-order valence-electron chi connectivity index (χ4n) is 2.92. The molecule has 2 atom stereocenters. The highest BCUT2D eigenvalue weighted by Crippen LogP contribution is 2.13.